The van der Waals surface area contributed by atoms with E-state index >= 15 is 0 Å². The maximum absolute atomic E-state index is 10.5. The van der Waals surface area contributed by atoms with Crippen molar-refractivity contribution in [2.75, 3.05) is 13.6 Å². The van der Waals surface area contributed by atoms with Gasteiger partial charge < -0.3 is 5.32 Å². The molecule has 0 saturated carbocycles. The quantitative estimate of drug-likeness (QED) is 0.641. The lowest BCUT2D eigenvalue weighted by Gasteiger charge is -2.00. The number of nitro benzene ring substituents is 1. The smallest absolute Gasteiger partial charge is 0.269 e. The highest BCUT2D eigenvalue weighted by molar-refractivity contribution is 5.40. The Morgan fingerprint density at radius 1 is 1.33 bits per heavy atom. The van der Waals surface area contributed by atoms with E-state index in [0.717, 1.165) is 24.3 Å². The summed E-state index contributed by atoms with van der Waals surface area (Å²) in [7, 11) is 1.90. The molecule has 0 aliphatic heterocycles. The van der Waals surface area contributed by atoms with Crippen molar-refractivity contribution in [3.05, 3.63) is 52.3 Å². The summed E-state index contributed by atoms with van der Waals surface area (Å²) >= 11 is 0. The van der Waals surface area contributed by atoms with Crippen LogP contribution in [0.1, 0.15) is 5.69 Å². The molecular weight excluding hydrogens is 232 g/mol. The lowest BCUT2D eigenvalue weighted by molar-refractivity contribution is -0.384. The fraction of sp³-hybridized carbons (Fsp3) is 0.250. The maximum Gasteiger partial charge on any atom is 0.269 e. The van der Waals surface area contributed by atoms with Gasteiger partial charge in [-0.3, -0.25) is 10.1 Å². The molecule has 2 rings (SSSR count). The molecule has 0 spiro atoms. The molecular formula is C12H14N4O2. The first-order chi connectivity index (χ1) is 8.70. The summed E-state index contributed by atoms with van der Waals surface area (Å²) in [4.78, 5) is 10.1. The molecule has 2 aromatic rings. The van der Waals surface area contributed by atoms with E-state index in [0.29, 0.717) is 0 Å². The molecule has 1 N–H and O–H groups in total. The first kappa shape index (κ1) is 12.3. The van der Waals surface area contributed by atoms with Crippen LogP contribution < -0.4 is 5.32 Å². The summed E-state index contributed by atoms with van der Waals surface area (Å²) in [5, 5.41) is 18.0. The summed E-state index contributed by atoms with van der Waals surface area (Å²) in [5.41, 5.74) is 1.89. The molecule has 0 atom stereocenters. The van der Waals surface area contributed by atoms with E-state index in [1.54, 1.807) is 16.8 Å². The molecule has 1 heterocycles. The molecule has 1 aromatic heterocycles. The van der Waals surface area contributed by atoms with Crippen LogP contribution in [0.25, 0.3) is 5.69 Å². The van der Waals surface area contributed by atoms with Crippen molar-refractivity contribution in [1.29, 1.82) is 0 Å². The van der Waals surface area contributed by atoms with E-state index in [2.05, 4.69) is 10.4 Å². The monoisotopic (exact) mass is 246 g/mol. The zero-order valence-corrected chi connectivity index (χ0v) is 10.0. The summed E-state index contributed by atoms with van der Waals surface area (Å²) in [6, 6.07) is 8.27. The highest BCUT2D eigenvalue weighted by Crippen LogP contribution is 2.14. The van der Waals surface area contributed by atoms with Crippen molar-refractivity contribution in [3.8, 4) is 5.69 Å². The van der Waals surface area contributed by atoms with Gasteiger partial charge >= 0.3 is 0 Å². The van der Waals surface area contributed by atoms with Gasteiger partial charge in [0, 0.05) is 31.3 Å². The molecule has 0 saturated heterocycles. The minimum Gasteiger partial charge on any atom is -0.319 e. The standard InChI is InChI=1S/C12H14N4O2/c1-13-8-6-10-7-9-15(14-10)11-2-4-12(5-3-11)16(17)18/h2-5,7,9,13H,6,8H2,1H3. The zero-order valence-electron chi connectivity index (χ0n) is 10.0. The fourth-order valence-corrected chi connectivity index (χ4v) is 1.62. The van der Waals surface area contributed by atoms with Gasteiger partial charge in [-0.25, -0.2) is 4.68 Å². The highest BCUT2D eigenvalue weighted by Gasteiger charge is 2.05. The second-order valence-corrected chi connectivity index (χ2v) is 3.88. The van der Waals surface area contributed by atoms with Gasteiger partial charge in [0.25, 0.3) is 5.69 Å². The van der Waals surface area contributed by atoms with Crippen LogP contribution in [0, 0.1) is 10.1 Å². The second-order valence-electron chi connectivity index (χ2n) is 3.88. The molecule has 6 heteroatoms. The van der Waals surface area contributed by atoms with Gasteiger partial charge in [-0.05, 0) is 25.2 Å². The van der Waals surface area contributed by atoms with E-state index in [1.807, 2.05) is 19.3 Å². The molecule has 0 fully saturated rings. The van der Waals surface area contributed by atoms with Gasteiger partial charge in [0.2, 0.25) is 0 Å². The van der Waals surface area contributed by atoms with Gasteiger partial charge in [-0.1, -0.05) is 0 Å². The summed E-state index contributed by atoms with van der Waals surface area (Å²) in [6.07, 6.45) is 2.71. The highest BCUT2D eigenvalue weighted by atomic mass is 16.6. The normalized spacial score (nSPS) is 10.5. The molecule has 0 aliphatic carbocycles. The number of hydrogen-bond donors (Lipinski definition) is 1. The number of likely N-dealkylation sites (N-methyl/N-ethyl adjacent to an activating group) is 1. The number of nitrogens with zero attached hydrogens (tertiary/aromatic N) is 3. The van der Waals surface area contributed by atoms with E-state index in [9.17, 15) is 10.1 Å². The number of rotatable bonds is 5. The molecule has 94 valence electrons. The van der Waals surface area contributed by atoms with Gasteiger partial charge in [0.1, 0.15) is 0 Å². The number of aromatic nitrogens is 2. The number of hydrogen-bond acceptors (Lipinski definition) is 4. The van der Waals surface area contributed by atoms with Crippen LogP contribution in [0.2, 0.25) is 0 Å². The van der Waals surface area contributed by atoms with Crippen molar-refractivity contribution in [2.45, 2.75) is 6.42 Å². The minimum atomic E-state index is -0.411. The Bertz CT molecular complexity index is 533. The maximum atomic E-state index is 10.5. The summed E-state index contributed by atoms with van der Waals surface area (Å²) in [5.74, 6) is 0. The van der Waals surface area contributed by atoms with E-state index < -0.39 is 4.92 Å². The van der Waals surface area contributed by atoms with E-state index in [-0.39, 0.29) is 5.69 Å². The molecule has 6 nitrogen and oxygen atoms in total. The second kappa shape index (κ2) is 5.42. The first-order valence-electron chi connectivity index (χ1n) is 5.64. The van der Waals surface area contributed by atoms with E-state index in [1.165, 1.54) is 12.1 Å². The van der Waals surface area contributed by atoms with Crippen LogP contribution in [0.15, 0.2) is 36.5 Å². The van der Waals surface area contributed by atoms with Gasteiger partial charge in [-0.15, -0.1) is 0 Å². The van der Waals surface area contributed by atoms with Crippen LogP contribution >= 0.6 is 0 Å². The van der Waals surface area contributed by atoms with Crippen molar-refractivity contribution in [3.63, 3.8) is 0 Å². The van der Waals surface area contributed by atoms with Gasteiger partial charge in [0.15, 0.2) is 0 Å². The Labute approximate surface area is 104 Å². The van der Waals surface area contributed by atoms with Crippen LogP contribution in [-0.4, -0.2) is 28.3 Å². The van der Waals surface area contributed by atoms with Crippen molar-refractivity contribution in [1.82, 2.24) is 15.1 Å². The lowest BCUT2D eigenvalue weighted by atomic mass is 10.3. The Morgan fingerprint density at radius 2 is 2.06 bits per heavy atom. The van der Waals surface area contributed by atoms with Crippen molar-refractivity contribution >= 4 is 5.69 Å². The SMILES string of the molecule is CNCCc1ccn(-c2ccc([N+](=O)[O-])cc2)n1. The average Bonchev–Trinajstić information content (AvgIpc) is 2.85. The minimum absolute atomic E-state index is 0.0845. The lowest BCUT2D eigenvalue weighted by Crippen LogP contribution is -2.10. The Kier molecular flexibility index (Phi) is 3.69. The third kappa shape index (κ3) is 2.72. The van der Waals surface area contributed by atoms with E-state index in [4.69, 9.17) is 0 Å². The van der Waals surface area contributed by atoms with Crippen molar-refractivity contribution in [2.24, 2.45) is 0 Å². The molecule has 0 unspecified atom stereocenters. The Hall–Kier alpha value is -2.21. The van der Waals surface area contributed by atoms with Crippen molar-refractivity contribution < 1.29 is 4.92 Å². The summed E-state index contributed by atoms with van der Waals surface area (Å²) in [6.45, 7) is 0.872. The topological polar surface area (TPSA) is 73.0 Å². The van der Waals surface area contributed by atoms with Crippen LogP contribution in [0.3, 0.4) is 0 Å². The molecule has 0 amide bonds. The summed E-state index contributed by atoms with van der Waals surface area (Å²) < 4.78 is 1.72. The zero-order chi connectivity index (χ0) is 13.0. The molecule has 0 bridgehead atoms. The fourth-order valence-electron chi connectivity index (χ4n) is 1.62. The Morgan fingerprint density at radius 3 is 2.67 bits per heavy atom. The average molecular weight is 246 g/mol. The first-order valence-corrected chi connectivity index (χ1v) is 5.64. The number of nitrogens with one attached hydrogen (secondary N) is 1. The largest absolute Gasteiger partial charge is 0.319 e. The number of benzene rings is 1. The van der Waals surface area contributed by atoms with Gasteiger partial charge in [0.05, 0.1) is 16.3 Å². The third-order valence-electron chi connectivity index (χ3n) is 2.60. The third-order valence-corrected chi connectivity index (χ3v) is 2.60. The molecule has 18 heavy (non-hydrogen) atoms. The number of nitro groups is 1. The van der Waals surface area contributed by atoms with Crippen LogP contribution in [0.4, 0.5) is 5.69 Å². The Balaban J connectivity index is 2.15. The number of non-ortho nitro benzene ring substituents is 1. The molecule has 0 aliphatic rings. The predicted molar refractivity (Wildman–Crippen MR) is 67.8 cm³/mol. The van der Waals surface area contributed by atoms with Crippen LogP contribution in [-0.2, 0) is 6.42 Å². The molecule has 1 aromatic carbocycles. The molecule has 0 radical (unpaired) electrons. The van der Waals surface area contributed by atoms with Gasteiger partial charge in [-0.2, -0.15) is 5.10 Å². The predicted octanol–water partition coefficient (Wildman–Crippen LogP) is 1.54. The van der Waals surface area contributed by atoms with Crippen LogP contribution in [0.5, 0.6) is 0 Å².